The van der Waals surface area contributed by atoms with E-state index in [4.69, 9.17) is 0 Å². The Morgan fingerprint density at radius 3 is 2.44 bits per heavy atom. The summed E-state index contributed by atoms with van der Waals surface area (Å²) in [5, 5.41) is 3.40. The first-order valence-corrected chi connectivity index (χ1v) is 8.52. The summed E-state index contributed by atoms with van der Waals surface area (Å²) in [7, 11) is 0. The molecule has 0 amide bonds. The molecule has 4 heterocycles. The van der Waals surface area contributed by atoms with E-state index >= 15 is 0 Å². The van der Waals surface area contributed by atoms with Crippen LogP contribution < -0.4 is 11.1 Å². The van der Waals surface area contributed by atoms with E-state index in [0.717, 1.165) is 17.1 Å². The van der Waals surface area contributed by atoms with Crippen LogP contribution in [0, 0.1) is 20.8 Å². The Bertz CT molecular complexity index is 1250. The van der Waals surface area contributed by atoms with Crippen LogP contribution in [0.5, 0.6) is 0 Å². The Morgan fingerprint density at radius 2 is 1.78 bits per heavy atom. The molecular weight excluding hydrogens is 344 g/mol. The summed E-state index contributed by atoms with van der Waals surface area (Å²) >= 11 is 0. The largest absolute Gasteiger partial charge is 0.306 e. The molecule has 8 nitrogen and oxygen atoms in total. The molecule has 4 aromatic rings. The van der Waals surface area contributed by atoms with Gasteiger partial charge in [0.1, 0.15) is 0 Å². The number of nitrogens with zero attached hydrogens (tertiary/aromatic N) is 5. The van der Waals surface area contributed by atoms with Gasteiger partial charge in [0.05, 0.1) is 23.1 Å². The van der Waals surface area contributed by atoms with Crippen LogP contribution in [0.1, 0.15) is 22.8 Å². The fraction of sp³-hybridized carbons (Fsp3) is 0.211. The minimum atomic E-state index is -0.290. The smallest absolute Gasteiger partial charge is 0.283 e. The van der Waals surface area contributed by atoms with Gasteiger partial charge in [-0.2, -0.15) is 4.68 Å². The predicted molar refractivity (Wildman–Crippen MR) is 101 cm³/mol. The number of fused-ring (bicyclic) bond motifs is 1. The molecule has 0 aliphatic heterocycles. The summed E-state index contributed by atoms with van der Waals surface area (Å²) in [6.45, 7) is 5.74. The van der Waals surface area contributed by atoms with E-state index in [-0.39, 0.29) is 17.1 Å². The number of aromatic nitrogens is 6. The van der Waals surface area contributed by atoms with Crippen molar-refractivity contribution < 1.29 is 0 Å². The standard InChI is InChI=1S/C19H18N6O2/c1-11-8-12(2)22-19(21-11)25-18(27)17-13(3)24(16(26)9-15(17)23-25)10-14-6-4-5-7-20-14/h4-9,23H,10H2,1-3H3. The van der Waals surface area contributed by atoms with Crippen LogP contribution in [-0.2, 0) is 6.54 Å². The van der Waals surface area contributed by atoms with Crippen LogP contribution in [-0.4, -0.2) is 29.3 Å². The van der Waals surface area contributed by atoms with Crippen molar-refractivity contribution in [3.8, 4) is 5.95 Å². The number of pyridine rings is 2. The molecule has 4 rings (SSSR count). The zero-order valence-electron chi connectivity index (χ0n) is 15.2. The second-order valence-electron chi connectivity index (χ2n) is 6.47. The number of rotatable bonds is 3. The van der Waals surface area contributed by atoms with Gasteiger partial charge in [-0.1, -0.05) is 6.07 Å². The fourth-order valence-electron chi connectivity index (χ4n) is 3.21. The molecule has 0 spiro atoms. The summed E-state index contributed by atoms with van der Waals surface area (Å²) in [4.78, 5) is 38.5. The van der Waals surface area contributed by atoms with Crippen LogP contribution in [0.15, 0.2) is 46.1 Å². The van der Waals surface area contributed by atoms with Crippen LogP contribution in [0.4, 0.5) is 0 Å². The average molecular weight is 362 g/mol. The van der Waals surface area contributed by atoms with Gasteiger partial charge < -0.3 is 4.57 Å². The van der Waals surface area contributed by atoms with Crippen molar-refractivity contribution in [1.82, 2.24) is 29.3 Å². The molecule has 8 heteroatoms. The van der Waals surface area contributed by atoms with Gasteiger partial charge in [0.2, 0.25) is 0 Å². The first-order chi connectivity index (χ1) is 12.9. The van der Waals surface area contributed by atoms with Gasteiger partial charge in [0.25, 0.3) is 17.1 Å². The molecule has 0 unspecified atom stereocenters. The first kappa shape index (κ1) is 16.9. The Hall–Kier alpha value is -3.55. The minimum Gasteiger partial charge on any atom is -0.306 e. The maximum atomic E-state index is 13.0. The summed E-state index contributed by atoms with van der Waals surface area (Å²) in [6.07, 6.45) is 1.68. The van der Waals surface area contributed by atoms with Gasteiger partial charge in [0, 0.05) is 29.3 Å². The van der Waals surface area contributed by atoms with Crippen LogP contribution in [0.25, 0.3) is 16.9 Å². The number of H-pyrrole nitrogens is 1. The van der Waals surface area contributed by atoms with Crippen LogP contribution in [0.2, 0.25) is 0 Å². The van der Waals surface area contributed by atoms with E-state index in [1.165, 1.54) is 10.7 Å². The van der Waals surface area contributed by atoms with Crippen molar-refractivity contribution in [3.05, 3.63) is 80.0 Å². The summed E-state index contributed by atoms with van der Waals surface area (Å²) in [5.41, 5.74) is 2.80. The van der Waals surface area contributed by atoms with Crippen molar-refractivity contribution in [2.45, 2.75) is 27.3 Å². The highest BCUT2D eigenvalue weighted by Gasteiger charge is 2.17. The lowest BCUT2D eigenvalue weighted by Gasteiger charge is -2.09. The summed E-state index contributed by atoms with van der Waals surface area (Å²) < 4.78 is 2.83. The molecule has 0 saturated heterocycles. The van der Waals surface area contributed by atoms with E-state index < -0.39 is 0 Å². The maximum absolute atomic E-state index is 13.0. The number of hydrogen-bond donors (Lipinski definition) is 1. The lowest BCUT2D eigenvalue weighted by atomic mass is 10.2. The van der Waals surface area contributed by atoms with Crippen molar-refractivity contribution in [1.29, 1.82) is 0 Å². The van der Waals surface area contributed by atoms with Gasteiger partial charge in [-0.25, -0.2) is 9.97 Å². The first-order valence-electron chi connectivity index (χ1n) is 8.52. The third-order valence-electron chi connectivity index (χ3n) is 4.44. The fourth-order valence-corrected chi connectivity index (χ4v) is 3.21. The number of aromatic amines is 1. The Kier molecular flexibility index (Phi) is 3.95. The highest BCUT2D eigenvalue weighted by molar-refractivity contribution is 5.80. The quantitative estimate of drug-likeness (QED) is 0.597. The molecule has 0 aromatic carbocycles. The Morgan fingerprint density at radius 1 is 1.04 bits per heavy atom. The van der Waals surface area contributed by atoms with E-state index in [9.17, 15) is 9.59 Å². The second-order valence-corrected chi connectivity index (χ2v) is 6.47. The van der Waals surface area contributed by atoms with Gasteiger partial charge in [-0.15, -0.1) is 0 Å². The van der Waals surface area contributed by atoms with Crippen molar-refractivity contribution in [2.24, 2.45) is 0 Å². The molecule has 1 N–H and O–H groups in total. The van der Waals surface area contributed by atoms with Gasteiger partial charge in [0.15, 0.2) is 0 Å². The highest BCUT2D eigenvalue weighted by atomic mass is 16.1. The molecule has 0 atom stereocenters. The van der Waals surface area contributed by atoms with E-state index in [1.54, 1.807) is 17.7 Å². The lowest BCUT2D eigenvalue weighted by molar-refractivity contribution is 0.720. The molecule has 0 radical (unpaired) electrons. The normalized spacial score (nSPS) is 11.2. The van der Waals surface area contributed by atoms with Crippen molar-refractivity contribution in [3.63, 3.8) is 0 Å². The van der Waals surface area contributed by atoms with Crippen molar-refractivity contribution >= 4 is 10.9 Å². The van der Waals surface area contributed by atoms with Crippen LogP contribution in [0.3, 0.4) is 0 Å². The molecule has 27 heavy (non-hydrogen) atoms. The Balaban J connectivity index is 1.92. The number of aryl methyl sites for hydroxylation is 3. The molecule has 0 aliphatic rings. The highest BCUT2D eigenvalue weighted by Crippen LogP contribution is 2.13. The lowest BCUT2D eigenvalue weighted by Crippen LogP contribution is -2.24. The summed E-state index contributed by atoms with van der Waals surface area (Å²) in [5.74, 6) is 0.261. The van der Waals surface area contributed by atoms with Gasteiger partial charge >= 0.3 is 0 Å². The van der Waals surface area contributed by atoms with Gasteiger partial charge in [-0.3, -0.25) is 19.7 Å². The maximum Gasteiger partial charge on any atom is 0.283 e. The topological polar surface area (TPSA) is 98.5 Å². The van der Waals surface area contributed by atoms with Crippen molar-refractivity contribution in [2.75, 3.05) is 0 Å². The second kappa shape index (κ2) is 6.31. The molecule has 0 saturated carbocycles. The predicted octanol–water partition coefficient (Wildman–Crippen LogP) is 1.64. The monoisotopic (exact) mass is 362 g/mol. The number of hydrogen-bond acceptors (Lipinski definition) is 5. The molecular formula is C19H18N6O2. The third kappa shape index (κ3) is 2.95. The number of nitrogens with one attached hydrogen (secondary N) is 1. The third-order valence-corrected chi connectivity index (χ3v) is 4.44. The SMILES string of the molecule is Cc1cc(C)nc(-n2[nH]c3cc(=O)n(Cc4ccccn4)c(C)c3c2=O)n1. The Labute approximate surface area is 154 Å². The molecule has 136 valence electrons. The van der Waals surface area contributed by atoms with E-state index in [0.29, 0.717) is 23.1 Å². The van der Waals surface area contributed by atoms with E-state index in [1.807, 2.05) is 38.1 Å². The minimum absolute atomic E-state index is 0.208. The van der Waals surface area contributed by atoms with Gasteiger partial charge in [-0.05, 0) is 39.0 Å². The average Bonchev–Trinajstić information content (AvgIpc) is 2.95. The van der Waals surface area contributed by atoms with Crippen LogP contribution >= 0.6 is 0 Å². The zero-order chi connectivity index (χ0) is 19.1. The molecule has 4 aromatic heterocycles. The zero-order valence-corrected chi connectivity index (χ0v) is 15.2. The van der Waals surface area contributed by atoms with E-state index in [2.05, 4.69) is 20.1 Å². The molecule has 0 aliphatic carbocycles. The molecule has 0 bridgehead atoms. The molecule has 0 fully saturated rings. The summed E-state index contributed by atoms with van der Waals surface area (Å²) in [6, 6.07) is 8.78.